The van der Waals surface area contributed by atoms with E-state index < -0.39 is 26.6 Å². The fourth-order valence-corrected chi connectivity index (χ4v) is 5.80. The number of piperidine rings is 1. The van der Waals surface area contributed by atoms with Crippen LogP contribution in [0.5, 0.6) is 0 Å². The van der Waals surface area contributed by atoms with E-state index in [-0.39, 0.29) is 31.0 Å². The molecule has 2 aromatic rings. The number of hydrogen-bond donors (Lipinski definition) is 0. The van der Waals surface area contributed by atoms with Crippen molar-refractivity contribution in [2.24, 2.45) is 5.92 Å². The molecule has 29 heavy (non-hydrogen) atoms. The molecule has 0 bridgehead atoms. The minimum absolute atomic E-state index is 0.00330. The van der Waals surface area contributed by atoms with E-state index in [0.29, 0.717) is 18.9 Å². The summed E-state index contributed by atoms with van der Waals surface area (Å²) in [7, 11) is -4.15. The number of carbonyl (C=O) groups is 1. The molecule has 1 fully saturated rings. The average molecular weight is 420 g/mol. The third-order valence-corrected chi connectivity index (χ3v) is 7.67. The number of benzene rings is 2. The Bertz CT molecular complexity index is 1050. The number of anilines is 1. The summed E-state index contributed by atoms with van der Waals surface area (Å²) in [6.07, 6.45) is 1.49. The number of halogens is 2. The Morgan fingerprint density at radius 1 is 1.07 bits per heavy atom. The van der Waals surface area contributed by atoms with E-state index in [1.807, 2.05) is 36.1 Å². The standard InChI is InChI=1S/C21H22F2N2O3S/c1-14-12-16-4-2-3-5-19(16)25(14)21(26)15-8-10-24(11-9-15)29(27,28)20-13-17(22)6-7-18(20)23/h2-7,13-15H,8-12H2,1H3. The average Bonchev–Trinajstić information content (AvgIpc) is 3.05. The lowest BCUT2D eigenvalue weighted by Gasteiger charge is -2.34. The van der Waals surface area contributed by atoms with Gasteiger partial charge in [-0.15, -0.1) is 0 Å². The first-order chi connectivity index (χ1) is 13.8. The molecule has 2 aromatic carbocycles. The molecule has 0 N–H and O–H groups in total. The Morgan fingerprint density at radius 3 is 2.48 bits per heavy atom. The number of fused-ring (bicyclic) bond motifs is 1. The molecular weight excluding hydrogens is 398 g/mol. The molecule has 0 spiro atoms. The molecular formula is C21H22F2N2O3S. The number of amides is 1. The van der Waals surface area contributed by atoms with Gasteiger partial charge < -0.3 is 4.90 Å². The largest absolute Gasteiger partial charge is 0.309 e. The molecule has 1 unspecified atom stereocenters. The van der Waals surface area contributed by atoms with Crippen molar-refractivity contribution in [3.05, 3.63) is 59.7 Å². The van der Waals surface area contributed by atoms with Crippen molar-refractivity contribution in [3.8, 4) is 0 Å². The minimum Gasteiger partial charge on any atom is -0.309 e. The SMILES string of the molecule is CC1Cc2ccccc2N1C(=O)C1CCN(S(=O)(=O)c2cc(F)ccc2F)CC1. The third kappa shape index (κ3) is 3.55. The summed E-state index contributed by atoms with van der Waals surface area (Å²) in [5.41, 5.74) is 2.05. The fraction of sp³-hybridized carbons (Fsp3) is 0.381. The van der Waals surface area contributed by atoms with Crippen molar-refractivity contribution < 1.29 is 22.0 Å². The zero-order valence-corrected chi connectivity index (χ0v) is 16.8. The van der Waals surface area contributed by atoms with Gasteiger partial charge in [0.05, 0.1) is 0 Å². The second-order valence-electron chi connectivity index (χ2n) is 7.64. The molecule has 1 saturated heterocycles. The van der Waals surface area contributed by atoms with Crippen LogP contribution in [0.15, 0.2) is 47.4 Å². The Labute approximate surface area is 169 Å². The van der Waals surface area contributed by atoms with Crippen LogP contribution >= 0.6 is 0 Å². The minimum atomic E-state index is -4.15. The number of hydrogen-bond acceptors (Lipinski definition) is 3. The summed E-state index contributed by atoms with van der Waals surface area (Å²) in [5, 5.41) is 0. The quantitative estimate of drug-likeness (QED) is 0.765. The van der Waals surface area contributed by atoms with E-state index in [1.165, 1.54) is 0 Å². The van der Waals surface area contributed by atoms with Crippen LogP contribution in [0.1, 0.15) is 25.3 Å². The summed E-state index contributed by atoms with van der Waals surface area (Å²) >= 11 is 0. The van der Waals surface area contributed by atoms with E-state index >= 15 is 0 Å². The maximum absolute atomic E-state index is 14.0. The molecule has 0 saturated carbocycles. The van der Waals surface area contributed by atoms with Gasteiger partial charge in [0.2, 0.25) is 15.9 Å². The molecule has 0 aliphatic carbocycles. The van der Waals surface area contributed by atoms with E-state index in [4.69, 9.17) is 0 Å². The monoisotopic (exact) mass is 420 g/mol. The van der Waals surface area contributed by atoms with Gasteiger partial charge in [-0.1, -0.05) is 18.2 Å². The summed E-state index contributed by atoms with van der Waals surface area (Å²) in [6.45, 7) is 2.20. The molecule has 8 heteroatoms. The van der Waals surface area contributed by atoms with Crippen LogP contribution in [0.3, 0.4) is 0 Å². The summed E-state index contributed by atoms with van der Waals surface area (Å²) in [5.74, 6) is -2.09. The normalized spacial score (nSPS) is 20.7. The van der Waals surface area contributed by atoms with Crippen molar-refractivity contribution >= 4 is 21.6 Å². The first-order valence-corrected chi connectivity index (χ1v) is 11.1. The van der Waals surface area contributed by atoms with Crippen LogP contribution in [-0.2, 0) is 21.2 Å². The smallest absolute Gasteiger partial charge is 0.246 e. The Hall–Kier alpha value is -2.32. The zero-order valence-electron chi connectivity index (χ0n) is 16.0. The van der Waals surface area contributed by atoms with Gasteiger partial charge in [-0.05, 0) is 56.0 Å². The number of carbonyl (C=O) groups excluding carboxylic acids is 1. The molecule has 1 atom stereocenters. The van der Waals surface area contributed by atoms with E-state index in [2.05, 4.69) is 0 Å². The predicted octanol–water partition coefficient (Wildman–Crippen LogP) is 3.34. The lowest BCUT2D eigenvalue weighted by atomic mass is 9.96. The van der Waals surface area contributed by atoms with Crippen molar-refractivity contribution in [3.63, 3.8) is 0 Å². The summed E-state index contributed by atoms with van der Waals surface area (Å²) in [4.78, 5) is 14.3. The maximum Gasteiger partial charge on any atom is 0.246 e. The fourth-order valence-electron chi connectivity index (χ4n) is 4.26. The van der Waals surface area contributed by atoms with Crippen LogP contribution in [-0.4, -0.2) is 37.8 Å². The topological polar surface area (TPSA) is 57.7 Å². The second-order valence-corrected chi connectivity index (χ2v) is 9.55. The maximum atomic E-state index is 14.0. The van der Waals surface area contributed by atoms with Crippen LogP contribution in [0, 0.1) is 17.6 Å². The zero-order chi connectivity index (χ0) is 20.8. The number of para-hydroxylation sites is 1. The van der Waals surface area contributed by atoms with Gasteiger partial charge in [0, 0.05) is 30.7 Å². The number of nitrogens with zero attached hydrogens (tertiary/aromatic N) is 2. The predicted molar refractivity (Wildman–Crippen MR) is 105 cm³/mol. The van der Waals surface area contributed by atoms with E-state index in [0.717, 1.165) is 34.1 Å². The van der Waals surface area contributed by atoms with Crippen molar-refractivity contribution in [1.82, 2.24) is 4.31 Å². The lowest BCUT2D eigenvalue weighted by molar-refractivity contribution is -0.123. The van der Waals surface area contributed by atoms with Gasteiger partial charge in [-0.3, -0.25) is 4.79 Å². The second kappa shape index (κ2) is 7.50. The van der Waals surface area contributed by atoms with Gasteiger partial charge in [-0.2, -0.15) is 4.31 Å². The molecule has 0 radical (unpaired) electrons. The molecule has 4 rings (SSSR count). The molecule has 2 aliphatic heterocycles. The first kappa shape index (κ1) is 20.0. The molecule has 5 nitrogen and oxygen atoms in total. The van der Waals surface area contributed by atoms with Gasteiger partial charge in [0.25, 0.3) is 0 Å². The molecule has 2 aliphatic rings. The number of sulfonamides is 1. The van der Waals surface area contributed by atoms with Crippen LogP contribution in [0.4, 0.5) is 14.5 Å². The highest BCUT2D eigenvalue weighted by Gasteiger charge is 2.38. The highest BCUT2D eigenvalue weighted by Crippen LogP contribution is 2.35. The summed E-state index contributed by atoms with van der Waals surface area (Å²) in [6, 6.07) is 10.3. The first-order valence-electron chi connectivity index (χ1n) is 9.65. The molecule has 1 amide bonds. The van der Waals surface area contributed by atoms with Gasteiger partial charge in [0.1, 0.15) is 16.5 Å². The van der Waals surface area contributed by atoms with Crippen LogP contribution in [0.25, 0.3) is 0 Å². The number of rotatable bonds is 3. The Morgan fingerprint density at radius 2 is 1.76 bits per heavy atom. The van der Waals surface area contributed by atoms with Crippen LogP contribution in [0.2, 0.25) is 0 Å². The lowest BCUT2D eigenvalue weighted by Crippen LogP contribution is -2.46. The Kier molecular flexibility index (Phi) is 5.16. The van der Waals surface area contributed by atoms with E-state index in [1.54, 1.807) is 0 Å². The van der Waals surface area contributed by atoms with Crippen molar-refractivity contribution in [1.29, 1.82) is 0 Å². The Balaban J connectivity index is 1.48. The van der Waals surface area contributed by atoms with Crippen molar-refractivity contribution in [2.75, 3.05) is 18.0 Å². The summed E-state index contributed by atoms with van der Waals surface area (Å²) < 4.78 is 54.0. The highest BCUT2D eigenvalue weighted by atomic mass is 32.2. The van der Waals surface area contributed by atoms with Crippen molar-refractivity contribution in [2.45, 2.75) is 37.1 Å². The van der Waals surface area contributed by atoms with E-state index in [9.17, 15) is 22.0 Å². The van der Waals surface area contributed by atoms with Gasteiger partial charge in [0.15, 0.2) is 0 Å². The molecule has 154 valence electrons. The van der Waals surface area contributed by atoms with Gasteiger partial charge in [-0.25, -0.2) is 17.2 Å². The van der Waals surface area contributed by atoms with Gasteiger partial charge >= 0.3 is 0 Å². The molecule has 0 aromatic heterocycles. The highest BCUT2D eigenvalue weighted by molar-refractivity contribution is 7.89. The third-order valence-electron chi connectivity index (χ3n) is 5.76. The van der Waals surface area contributed by atoms with Crippen LogP contribution < -0.4 is 4.90 Å². The molecule has 2 heterocycles.